The van der Waals surface area contributed by atoms with E-state index in [1.807, 2.05) is 17.5 Å². The van der Waals surface area contributed by atoms with Crippen molar-refractivity contribution in [2.45, 2.75) is 44.2 Å². The Morgan fingerprint density at radius 1 is 1.10 bits per heavy atom. The summed E-state index contributed by atoms with van der Waals surface area (Å²) in [4.78, 5) is 33.7. The van der Waals surface area contributed by atoms with Crippen LogP contribution >= 0.6 is 22.9 Å². The largest absolute Gasteiger partial charge is 0.351 e. The molecule has 4 rings (SSSR count). The quantitative estimate of drug-likeness (QED) is 0.536. The Bertz CT molecular complexity index is 1000. The molecule has 0 spiro atoms. The molecule has 2 aromatic heterocycles. The van der Waals surface area contributed by atoms with Crippen LogP contribution in [-0.4, -0.2) is 22.8 Å². The number of rotatable bonds is 7. The predicted molar refractivity (Wildman–Crippen MR) is 124 cm³/mol. The van der Waals surface area contributed by atoms with Gasteiger partial charge in [0, 0.05) is 34.0 Å². The second-order valence-corrected chi connectivity index (χ2v) is 9.14. The first-order valence-corrected chi connectivity index (χ1v) is 11.7. The summed E-state index contributed by atoms with van der Waals surface area (Å²) in [6, 6.07) is 13.8. The second-order valence-electron chi connectivity index (χ2n) is 7.67. The molecule has 0 bridgehead atoms. The number of pyridine rings is 1. The fourth-order valence-electron chi connectivity index (χ4n) is 4.00. The Balaban J connectivity index is 1.73. The first kappa shape index (κ1) is 21.5. The van der Waals surface area contributed by atoms with Crippen molar-refractivity contribution in [3.63, 3.8) is 0 Å². The third-order valence-electron chi connectivity index (χ3n) is 5.51. The van der Waals surface area contributed by atoms with E-state index in [0.29, 0.717) is 10.7 Å². The number of nitrogens with one attached hydrogen (secondary N) is 1. The first-order chi connectivity index (χ1) is 15.1. The number of amides is 2. The van der Waals surface area contributed by atoms with Crippen molar-refractivity contribution in [2.24, 2.45) is 0 Å². The summed E-state index contributed by atoms with van der Waals surface area (Å²) >= 11 is 7.62. The lowest BCUT2D eigenvalue weighted by Crippen LogP contribution is -2.46. The van der Waals surface area contributed by atoms with Gasteiger partial charge in [0.15, 0.2) is 0 Å². The fraction of sp³-hybridized carbons (Fsp3) is 0.292. The molecule has 5 nitrogen and oxygen atoms in total. The van der Waals surface area contributed by atoms with Crippen LogP contribution in [0.5, 0.6) is 0 Å². The number of hydrogen-bond donors (Lipinski definition) is 1. The molecule has 0 unspecified atom stereocenters. The molecule has 1 aliphatic carbocycles. The van der Waals surface area contributed by atoms with Crippen molar-refractivity contribution in [1.82, 2.24) is 10.3 Å². The van der Waals surface area contributed by atoms with Crippen molar-refractivity contribution >= 4 is 40.4 Å². The van der Waals surface area contributed by atoms with Crippen LogP contribution in [0.25, 0.3) is 0 Å². The Hall–Kier alpha value is -2.70. The van der Waals surface area contributed by atoms with Gasteiger partial charge in [-0.25, -0.2) is 0 Å². The molecule has 1 N–H and O–H groups in total. The summed E-state index contributed by atoms with van der Waals surface area (Å²) < 4.78 is 0. The van der Waals surface area contributed by atoms with Crippen LogP contribution in [0, 0.1) is 0 Å². The minimum Gasteiger partial charge on any atom is -0.351 e. The van der Waals surface area contributed by atoms with Gasteiger partial charge >= 0.3 is 0 Å². The minimum atomic E-state index is -0.794. The Morgan fingerprint density at radius 3 is 2.45 bits per heavy atom. The molecule has 3 aromatic rings. The predicted octanol–water partition coefficient (Wildman–Crippen LogP) is 5.17. The van der Waals surface area contributed by atoms with Crippen LogP contribution in [0.2, 0.25) is 5.02 Å². The Labute approximate surface area is 191 Å². The molecule has 2 heterocycles. The lowest BCUT2D eigenvalue weighted by molar-refractivity contribution is -0.127. The van der Waals surface area contributed by atoms with Crippen LogP contribution in [0.1, 0.15) is 42.2 Å². The average Bonchev–Trinajstić information content (AvgIpc) is 3.47. The molecule has 1 saturated carbocycles. The fourth-order valence-corrected chi connectivity index (χ4v) is 4.82. The van der Waals surface area contributed by atoms with E-state index < -0.39 is 6.04 Å². The third-order valence-corrected chi connectivity index (χ3v) is 6.64. The van der Waals surface area contributed by atoms with Gasteiger partial charge in [-0.2, -0.15) is 0 Å². The van der Waals surface area contributed by atoms with Gasteiger partial charge in [-0.3, -0.25) is 19.5 Å². The summed E-state index contributed by atoms with van der Waals surface area (Å²) in [5.74, 6) is -0.319. The number of thiophene rings is 1. The highest BCUT2D eigenvalue weighted by Gasteiger charge is 2.34. The van der Waals surface area contributed by atoms with Gasteiger partial charge < -0.3 is 5.32 Å². The van der Waals surface area contributed by atoms with E-state index in [1.165, 1.54) is 11.3 Å². The Morgan fingerprint density at radius 2 is 1.81 bits per heavy atom. The van der Waals surface area contributed by atoms with Crippen LogP contribution in [-0.2, 0) is 16.0 Å². The number of aromatic nitrogens is 1. The molecule has 0 saturated heterocycles. The van der Waals surface area contributed by atoms with Crippen molar-refractivity contribution < 1.29 is 9.59 Å². The molecule has 0 aliphatic heterocycles. The lowest BCUT2D eigenvalue weighted by Gasteiger charge is -2.32. The zero-order valence-corrected chi connectivity index (χ0v) is 18.6. The third kappa shape index (κ3) is 5.32. The van der Waals surface area contributed by atoms with E-state index in [1.54, 1.807) is 53.7 Å². The number of halogens is 1. The lowest BCUT2D eigenvalue weighted by atomic mass is 10.0. The normalized spacial score (nSPS) is 14.9. The number of carbonyl (C=O) groups excluding carboxylic acids is 2. The highest BCUT2D eigenvalue weighted by Crippen LogP contribution is 2.31. The summed E-state index contributed by atoms with van der Waals surface area (Å²) in [6.45, 7) is 0. The molecule has 160 valence electrons. The number of nitrogens with zero attached hydrogens (tertiary/aromatic N) is 2. The van der Waals surface area contributed by atoms with Crippen molar-refractivity contribution in [3.8, 4) is 0 Å². The first-order valence-electron chi connectivity index (χ1n) is 10.4. The van der Waals surface area contributed by atoms with Crippen molar-refractivity contribution in [1.29, 1.82) is 0 Å². The maximum absolute atomic E-state index is 13.6. The summed E-state index contributed by atoms with van der Waals surface area (Å²) in [6.07, 6.45) is 7.69. The Kier molecular flexibility index (Phi) is 6.99. The monoisotopic (exact) mass is 453 g/mol. The summed E-state index contributed by atoms with van der Waals surface area (Å²) in [7, 11) is 0. The molecule has 0 radical (unpaired) electrons. The van der Waals surface area contributed by atoms with Gasteiger partial charge in [0.25, 0.3) is 0 Å². The molecule has 2 amide bonds. The van der Waals surface area contributed by atoms with E-state index in [9.17, 15) is 9.59 Å². The number of hydrogen-bond acceptors (Lipinski definition) is 4. The molecule has 1 aromatic carbocycles. The topological polar surface area (TPSA) is 62.3 Å². The molecule has 1 fully saturated rings. The van der Waals surface area contributed by atoms with Crippen LogP contribution in [0.4, 0.5) is 5.69 Å². The number of benzene rings is 1. The maximum atomic E-state index is 13.6. The van der Waals surface area contributed by atoms with Gasteiger partial charge in [-0.1, -0.05) is 30.5 Å². The van der Waals surface area contributed by atoms with E-state index in [0.717, 1.165) is 36.1 Å². The van der Waals surface area contributed by atoms with Crippen molar-refractivity contribution in [2.75, 3.05) is 4.90 Å². The van der Waals surface area contributed by atoms with Gasteiger partial charge in [-0.05, 0) is 66.2 Å². The number of carbonyl (C=O) groups is 2. The van der Waals surface area contributed by atoms with Crippen molar-refractivity contribution in [3.05, 3.63) is 81.8 Å². The van der Waals surface area contributed by atoms with Crippen LogP contribution < -0.4 is 10.2 Å². The van der Waals surface area contributed by atoms with Gasteiger partial charge in [-0.15, -0.1) is 11.3 Å². The molecule has 7 heteroatoms. The van der Waals surface area contributed by atoms with Gasteiger partial charge in [0.1, 0.15) is 6.04 Å². The number of anilines is 1. The molecule has 31 heavy (non-hydrogen) atoms. The minimum absolute atomic E-state index is 0.145. The SMILES string of the molecule is O=C(NC1CCCC1)[C@H](c1ccncc1)N(C(=O)Cc1cccs1)c1ccc(Cl)cc1. The van der Waals surface area contributed by atoms with E-state index in [-0.39, 0.29) is 24.3 Å². The van der Waals surface area contributed by atoms with Crippen LogP contribution in [0.15, 0.2) is 66.3 Å². The standard InChI is InChI=1S/C24H24ClN3O2S/c25-18-7-9-20(10-8-18)28(22(29)16-21-6-3-15-31-21)23(17-11-13-26-14-12-17)24(30)27-19-4-1-2-5-19/h3,6-15,19,23H,1-2,4-5,16H2,(H,27,30)/t23-/m0/s1. The van der Waals surface area contributed by atoms with E-state index in [2.05, 4.69) is 10.3 Å². The molecule has 1 atom stereocenters. The zero-order valence-electron chi connectivity index (χ0n) is 17.0. The highest BCUT2D eigenvalue weighted by atomic mass is 35.5. The average molecular weight is 454 g/mol. The van der Waals surface area contributed by atoms with E-state index in [4.69, 9.17) is 11.6 Å². The maximum Gasteiger partial charge on any atom is 0.248 e. The van der Waals surface area contributed by atoms with E-state index >= 15 is 0 Å². The smallest absolute Gasteiger partial charge is 0.248 e. The van der Waals surface area contributed by atoms with Gasteiger partial charge in [0.2, 0.25) is 11.8 Å². The summed E-state index contributed by atoms with van der Waals surface area (Å²) in [5.41, 5.74) is 1.36. The molecule has 1 aliphatic rings. The second kappa shape index (κ2) is 10.1. The van der Waals surface area contributed by atoms with Gasteiger partial charge in [0.05, 0.1) is 6.42 Å². The summed E-state index contributed by atoms with van der Waals surface area (Å²) in [5, 5.41) is 5.70. The zero-order chi connectivity index (χ0) is 21.6. The molecular weight excluding hydrogens is 430 g/mol. The molecular formula is C24H24ClN3O2S. The highest BCUT2D eigenvalue weighted by molar-refractivity contribution is 7.10. The van der Waals surface area contributed by atoms with Crippen LogP contribution in [0.3, 0.4) is 0 Å².